The Labute approximate surface area is 138 Å². The number of oxazole rings is 1. The predicted molar refractivity (Wildman–Crippen MR) is 88.0 cm³/mol. The first kappa shape index (κ1) is 14.8. The zero-order valence-corrected chi connectivity index (χ0v) is 13.2. The number of hydrogen-bond donors (Lipinski definition) is 1. The fourth-order valence-corrected chi connectivity index (χ4v) is 3.31. The second-order valence-corrected chi connectivity index (χ2v) is 6.16. The van der Waals surface area contributed by atoms with Crippen LogP contribution < -0.4 is 5.76 Å². The molecule has 0 fully saturated rings. The van der Waals surface area contributed by atoms with Crippen LogP contribution in [-0.4, -0.2) is 9.97 Å². The molecule has 0 aliphatic carbocycles. The number of fused-ring (bicyclic) bond motifs is 1. The lowest BCUT2D eigenvalue weighted by atomic mass is 10.1. The fourth-order valence-electron chi connectivity index (χ4n) is 2.46. The highest BCUT2D eigenvalue weighted by Crippen LogP contribution is 2.32. The molecular formula is C17H10F2N2O2S. The number of aromatic amines is 1. The summed E-state index contributed by atoms with van der Waals surface area (Å²) in [5.74, 6) is -1.71. The summed E-state index contributed by atoms with van der Waals surface area (Å²) in [6.07, 6.45) is 0. The standard InChI is InChI=1S/C17H10F2N2O2S/c1-8-11(18)4-3-10(15(8)19)16-20-13(7-24-16)9-2-5-12-14(6-9)23-17(22)21-12/h2-7H,1H3,(H,21,22). The maximum absolute atomic E-state index is 14.2. The van der Waals surface area contributed by atoms with Crippen LogP contribution in [0.15, 0.2) is 44.9 Å². The zero-order chi connectivity index (χ0) is 16.8. The Hall–Kier alpha value is -2.80. The highest BCUT2D eigenvalue weighted by molar-refractivity contribution is 7.13. The molecule has 2 heterocycles. The van der Waals surface area contributed by atoms with Crippen LogP contribution in [0, 0.1) is 18.6 Å². The van der Waals surface area contributed by atoms with E-state index in [-0.39, 0.29) is 11.1 Å². The van der Waals surface area contributed by atoms with Crippen LogP contribution in [0.4, 0.5) is 8.78 Å². The van der Waals surface area contributed by atoms with Gasteiger partial charge in [-0.1, -0.05) is 6.07 Å². The van der Waals surface area contributed by atoms with E-state index in [1.807, 2.05) is 0 Å². The number of halogens is 2. The molecular weight excluding hydrogens is 334 g/mol. The lowest BCUT2D eigenvalue weighted by Gasteiger charge is -2.03. The Bertz CT molecular complexity index is 1130. The number of rotatable bonds is 2. The maximum atomic E-state index is 14.2. The third-order valence-corrected chi connectivity index (χ3v) is 4.65. The van der Waals surface area contributed by atoms with Gasteiger partial charge in [-0.3, -0.25) is 4.98 Å². The number of H-pyrrole nitrogens is 1. The van der Waals surface area contributed by atoms with Gasteiger partial charge in [-0.25, -0.2) is 18.6 Å². The quantitative estimate of drug-likeness (QED) is 0.582. The highest BCUT2D eigenvalue weighted by Gasteiger charge is 2.15. The molecule has 0 aliphatic rings. The number of hydrogen-bond acceptors (Lipinski definition) is 4. The molecule has 24 heavy (non-hydrogen) atoms. The van der Waals surface area contributed by atoms with Crippen molar-refractivity contribution in [1.29, 1.82) is 0 Å². The monoisotopic (exact) mass is 344 g/mol. The smallest absolute Gasteiger partial charge is 0.408 e. The number of benzene rings is 2. The molecule has 0 aliphatic heterocycles. The summed E-state index contributed by atoms with van der Waals surface area (Å²) in [5, 5.41) is 2.24. The van der Waals surface area contributed by atoms with Gasteiger partial charge in [0.2, 0.25) is 0 Å². The molecule has 0 bridgehead atoms. The molecule has 4 nitrogen and oxygen atoms in total. The van der Waals surface area contributed by atoms with Crippen LogP contribution in [-0.2, 0) is 0 Å². The van der Waals surface area contributed by atoms with Gasteiger partial charge in [0, 0.05) is 22.1 Å². The van der Waals surface area contributed by atoms with Crippen molar-refractivity contribution in [3.63, 3.8) is 0 Å². The molecule has 0 amide bonds. The van der Waals surface area contributed by atoms with Crippen LogP contribution in [0.1, 0.15) is 5.56 Å². The first-order valence-corrected chi connectivity index (χ1v) is 7.94. The molecule has 4 rings (SSSR count). The SMILES string of the molecule is Cc1c(F)ccc(-c2nc(-c3ccc4[nH]c(=O)oc4c3)cs2)c1F. The molecule has 2 aromatic heterocycles. The van der Waals surface area contributed by atoms with Crippen LogP contribution in [0.25, 0.3) is 32.9 Å². The van der Waals surface area contributed by atoms with Crippen molar-refractivity contribution >= 4 is 22.4 Å². The Morgan fingerprint density at radius 2 is 2.04 bits per heavy atom. The zero-order valence-electron chi connectivity index (χ0n) is 12.4. The summed E-state index contributed by atoms with van der Waals surface area (Å²) >= 11 is 1.26. The summed E-state index contributed by atoms with van der Waals surface area (Å²) in [5.41, 5.74) is 2.63. The van der Waals surface area contributed by atoms with Crippen molar-refractivity contribution < 1.29 is 13.2 Å². The van der Waals surface area contributed by atoms with E-state index < -0.39 is 17.4 Å². The summed E-state index contributed by atoms with van der Waals surface area (Å²) in [7, 11) is 0. The number of aromatic nitrogens is 2. The largest absolute Gasteiger partial charge is 0.417 e. The second kappa shape index (κ2) is 5.38. The Morgan fingerprint density at radius 1 is 1.21 bits per heavy atom. The van der Waals surface area contributed by atoms with Gasteiger partial charge < -0.3 is 4.42 Å². The number of nitrogens with zero attached hydrogens (tertiary/aromatic N) is 1. The van der Waals surface area contributed by atoms with Crippen molar-refractivity contribution in [3.8, 4) is 21.8 Å². The highest BCUT2D eigenvalue weighted by atomic mass is 32.1. The molecule has 120 valence electrons. The van der Waals surface area contributed by atoms with E-state index in [0.717, 1.165) is 5.56 Å². The minimum Gasteiger partial charge on any atom is -0.408 e. The van der Waals surface area contributed by atoms with Crippen molar-refractivity contribution in [2.75, 3.05) is 0 Å². The van der Waals surface area contributed by atoms with Crippen LogP contribution in [0.5, 0.6) is 0 Å². The Balaban J connectivity index is 1.79. The normalized spacial score (nSPS) is 11.3. The van der Waals surface area contributed by atoms with E-state index in [0.29, 0.717) is 21.8 Å². The van der Waals surface area contributed by atoms with Crippen molar-refractivity contribution in [2.45, 2.75) is 6.92 Å². The topological polar surface area (TPSA) is 58.9 Å². The van der Waals surface area contributed by atoms with E-state index in [2.05, 4.69) is 9.97 Å². The van der Waals surface area contributed by atoms with Gasteiger partial charge in [-0.05, 0) is 31.2 Å². The molecule has 0 saturated carbocycles. The van der Waals surface area contributed by atoms with Gasteiger partial charge in [-0.2, -0.15) is 0 Å². The minimum absolute atomic E-state index is 0.0280. The lowest BCUT2D eigenvalue weighted by molar-refractivity contribution is 0.555. The molecule has 0 unspecified atom stereocenters. The Kier molecular flexibility index (Phi) is 3.31. The van der Waals surface area contributed by atoms with Gasteiger partial charge in [0.15, 0.2) is 5.58 Å². The van der Waals surface area contributed by atoms with Gasteiger partial charge >= 0.3 is 5.76 Å². The van der Waals surface area contributed by atoms with E-state index in [9.17, 15) is 13.6 Å². The van der Waals surface area contributed by atoms with Crippen LogP contribution >= 0.6 is 11.3 Å². The third-order valence-electron chi connectivity index (χ3n) is 3.77. The van der Waals surface area contributed by atoms with Gasteiger partial charge in [-0.15, -0.1) is 11.3 Å². The molecule has 0 radical (unpaired) electrons. The van der Waals surface area contributed by atoms with Crippen LogP contribution in [0.2, 0.25) is 0 Å². The molecule has 1 N–H and O–H groups in total. The Morgan fingerprint density at radius 3 is 2.88 bits per heavy atom. The van der Waals surface area contributed by atoms with E-state index in [1.54, 1.807) is 23.6 Å². The number of nitrogens with one attached hydrogen (secondary N) is 1. The van der Waals surface area contributed by atoms with E-state index >= 15 is 0 Å². The van der Waals surface area contributed by atoms with Crippen LogP contribution in [0.3, 0.4) is 0 Å². The summed E-state index contributed by atoms with van der Waals surface area (Å²) < 4.78 is 32.7. The molecule has 4 aromatic rings. The molecule has 0 spiro atoms. The molecule has 7 heteroatoms. The first-order valence-electron chi connectivity index (χ1n) is 7.06. The average molecular weight is 344 g/mol. The van der Waals surface area contributed by atoms with Crippen molar-refractivity contribution in [1.82, 2.24) is 9.97 Å². The molecule has 0 saturated heterocycles. The fraction of sp³-hybridized carbons (Fsp3) is 0.0588. The maximum Gasteiger partial charge on any atom is 0.417 e. The van der Waals surface area contributed by atoms with Gasteiger partial charge in [0.05, 0.1) is 11.2 Å². The van der Waals surface area contributed by atoms with Crippen molar-refractivity contribution in [2.24, 2.45) is 0 Å². The predicted octanol–water partition coefficient (Wildman–Crippen LogP) is 4.50. The molecule has 0 atom stereocenters. The van der Waals surface area contributed by atoms with E-state index in [4.69, 9.17) is 4.42 Å². The van der Waals surface area contributed by atoms with Crippen molar-refractivity contribution in [3.05, 3.63) is 63.5 Å². The lowest BCUT2D eigenvalue weighted by Crippen LogP contribution is -1.92. The third kappa shape index (κ3) is 2.33. The van der Waals surface area contributed by atoms with E-state index in [1.165, 1.54) is 30.4 Å². The second-order valence-electron chi connectivity index (χ2n) is 5.30. The van der Waals surface area contributed by atoms with Gasteiger partial charge in [0.25, 0.3) is 0 Å². The summed E-state index contributed by atoms with van der Waals surface area (Å²) in [6, 6.07) is 7.82. The average Bonchev–Trinajstić information content (AvgIpc) is 3.17. The first-order chi connectivity index (χ1) is 11.5. The minimum atomic E-state index is -0.608. The van der Waals surface area contributed by atoms with Gasteiger partial charge in [0.1, 0.15) is 16.6 Å². The summed E-state index contributed by atoms with van der Waals surface area (Å²) in [4.78, 5) is 18.2. The molecule has 2 aromatic carbocycles. The summed E-state index contributed by atoms with van der Waals surface area (Å²) in [6.45, 7) is 1.39. The number of thiazole rings is 1.